The van der Waals surface area contributed by atoms with Crippen LogP contribution in [0.4, 0.5) is 0 Å². The Bertz CT molecular complexity index is 404. The van der Waals surface area contributed by atoms with Gasteiger partial charge in [-0.05, 0) is 55.7 Å². The fourth-order valence-electron chi connectivity index (χ4n) is 2.86. The maximum atomic E-state index is 6.12. The predicted molar refractivity (Wildman–Crippen MR) is 64.2 cm³/mol. The van der Waals surface area contributed by atoms with Crippen LogP contribution in [0, 0.1) is 0 Å². The molecule has 2 heterocycles. The van der Waals surface area contributed by atoms with Crippen LogP contribution >= 0.6 is 0 Å². The van der Waals surface area contributed by atoms with E-state index in [4.69, 9.17) is 4.74 Å². The topological polar surface area (TPSA) is 21.3 Å². The zero-order valence-corrected chi connectivity index (χ0v) is 9.46. The van der Waals surface area contributed by atoms with Crippen molar-refractivity contribution >= 4 is 0 Å². The zero-order valence-electron chi connectivity index (χ0n) is 9.46. The molecule has 3 aliphatic rings. The standard InChI is InChI=1S/C14H17NO/c1-2-4-12-6-11-16-14(13(12)5-3-1)7-9-15-10-8-14/h1,3-5,15H,6-11H2. The van der Waals surface area contributed by atoms with Crippen molar-refractivity contribution in [3.05, 3.63) is 41.2 Å². The summed E-state index contributed by atoms with van der Waals surface area (Å²) in [4.78, 5) is 0. The van der Waals surface area contributed by atoms with Gasteiger partial charge in [0.15, 0.2) is 0 Å². The highest BCUT2D eigenvalue weighted by molar-refractivity contribution is 5.44. The van der Waals surface area contributed by atoms with Crippen LogP contribution in [0.1, 0.15) is 19.3 Å². The molecular formula is C14H17NO. The fraction of sp³-hybridized carbons (Fsp3) is 0.500. The molecule has 0 radical (unpaired) electrons. The van der Waals surface area contributed by atoms with Crippen LogP contribution in [-0.4, -0.2) is 25.3 Å². The van der Waals surface area contributed by atoms with E-state index in [2.05, 4.69) is 29.3 Å². The molecule has 0 saturated carbocycles. The van der Waals surface area contributed by atoms with Gasteiger partial charge in [0.05, 0.1) is 12.2 Å². The third-order valence-corrected chi connectivity index (χ3v) is 3.71. The Morgan fingerprint density at radius 1 is 1.31 bits per heavy atom. The summed E-state index contributed by atoms with van der Waals surface area (Å²) in [6.07, 6.45) is 11.6. The molecule has 1 fully saturated rings. The zero-order chi connectivity index (χ0) is 10.8. The van der Waals surface area contributed by atoms with E-state index in [1.54, 1.807) is 0 Å². The van der Waals surface area contributed by atoms with Crippen molar-refractivity contribution in [2.45, 2.75) is 24.9 Å². The SMILES string of the molecule is C1=CC=CC2=C(C=1)CCOC21CCNCC1. The van der Waals surface area contributed by atoms with Crippen molar-refractivity contribution in [2.75, 3.05) is 19.7 Å². The average Bonchev–Trinajstić information content (AvgIpc) is 2.57. The first-order chi connectivity index (χ1) is 7.91. The van der Waals surface area contributed by atoms with Gasteiger partial charge in [-0.3, -0.25) is 0 Å². The van der Waals surface area contributed by atoms with Crippen LogP contribution < -0.4 is 5.32 Å². The van der Waals surface area contributed by atoms with Crippen molar-refractivity contribution in [3.8, 4) is 0 Å². The molecule has 2 heteroatoms. The number of rotatable bonds is 0. The Morgan fingerprint density at radius 3 is 3.06 bits per heavy atom. The number of hydrogen-bond acceptors (Lipinski definition) is 2. The number of ether oxygens (including phenoxy) is 1. The van der Waals surface area contributed by atoms with E-state index in [1.807, 2.05) is 6.08 Å². The molecular weight excluding hydrogens is 198 g/mol. The highest BCUT2D eigenvalue weighted by Crippen LogP contribution is 2.39. The molecule has 84 valence electrons. The van der Waals surface area contributed by atoms with Gasteiger partial charge in [-0.25, -0.2) is 0 Å². The maximum Gasteiger partial charge on any atom is 0.0958 e. The molecule has 1 spiro atoms. The quantitative estimate of drug-likeness (QED) is 0.625. The predicted octanol–water partition coefficient (Wildman–Crippen LogP) is 2.11. The number of nitrogens with one attached hydrogen (secondary N) is 1. The lowest BCUT2D eigenvalue weighted by molar-refractivity contribution is -0.0428. The van der Waals surface area contributed by atoms with Gasteiger partial charge in [0.25, 0.3) is 0 Å². The summed E-state index contributed by atoms with van der Waals surface area (Å²) in [5.74, 6) is 0. The minimum absolute atomic E-state index is 0.0221. The van der Waals surface area contributed by atoms with Crippen LogP contribution in [0.15, 0.2) is 41.2 Å². The van der Waals surface area contributed by atoms with E-state index in [0.717, 1.165) is 39.0 Å². The molecule has 2 aliphatic heterocycles. The third-order valence-electron chi connectivity index (χ3n) is 3.71. The van der Waals surface area contributed by atoms with Gasteiger partial charge in [-0.2, -0.15) is 0 Å². The molecule has 1 N–H and O–H groups in total. The summed E-state index contributed by atoms with van der Waals surface area (Å²) >= 11 is 0. The smallest absolute Gasteiger partial charge is 0.0958 e. The Hall–Kier alpha value is -1.08. The lowest BCUT2D eigenvalue weighted by Crippen LogP contribution is -2.47. The van der Waals surface area contributed by atoms with Gasteiger partial charge in [-0.15, -0.1) is 5.73 Å². The highest BCUT2D eigenvalue weighted by Gasteiger charge is 2.39. The second-order valence-corrected chi connectivity index (χ2v) is 4.62. The summed E-state index contributed by atoms with van der Waals surface area (Å²) in [5.41, 5.74) is 5.99. The highest BCUT2D eigenvalue weighted by atomic mass is 16.5. The molecule has 0 aromatic rings. The number of hydrogen-bond donors (Lipinski definition) is 1. The van der Waals surface area contributed by atoms with Crippen molar-refractivity contribution in [1.29, 1.82) is 0 Å². The molecule has 1 aliphatic carbocycles. The van der Waals surface area contributed by atoms with Gasteiger partial charge in [0.1, 0.15) is 0 Å². The van der Waals surface area contributed by atoms with Crippen molar-refractivity contribution in [2.24, 2.45) is 0 Å². The molecule has 0 bridgehead atoms. The maximum absolute atomic E-state index is 6.12. The van der Waals surface area contributed by atoms with Crippen molar-refractivity contribution in [1.82, 2.24) is 5.32 Å². The molecule has 0 aromatic heterocycles. The second-order valence-electron chi connectivity index (χ2n) is 4.62. The summed E-state index contributed by atoms with van der Waals surface area (Å²) in [6, 6.07) is 0. The minimum atomic E-state index is -0.0221. The van der Waals surface area contributed by atoms with Crippen LogP contribution in [-0.2, 0) is 4.74 Å². The summed E-state index contributed by atoms with van der Waals surface area (Å²) in [6.45, 7) is 2.97. The Kier molecular flexibility index (Phi) is 2.56. The van der Waals surface area contributed by atoms with Crippen LogP contribution in [0.25, 0.3) is 0 Å². The van der Waals surface area contributed by atoms with Gasteiger partial charge in [0.2, 0.25) is 0 Å². The third kappa shape index (κ3) is 1.60. The second kappa shape index (κ2) is 4.06. The average molecular weight is 215 g/mol. The summed E-state index contributed by atoms with van der Waals surface area (Å²) < 4.78 is 6.12. The first-order valence-electron chi connectivity index (χ1n) is 6.08. The van der Waals surface area contributed by atoms with Crippen LogP contribution in [0.3, 0.4) is 0 Å². The van der Waals surface area contributed by atoms with Crippen LogP contribution in [0.5, 0.6) is 0 Å². The molecule has 0 amide bonds. The monoisotopic (exact) mass is 215 g/mol. The van der Waals surface area contributed by atoms with Crippen molar-refractivity contribution in [3.63, 3.8) is 0 Å². The van der Waals surface area contributed by atoms with E-state index in [-0.39, 0.29) is 5.60 Å². The largest absolute Gasteiger partial charge is 0.370 e. The fourth-order valence-corrected chi connectivity index (χ4v) is 2.86. The van der Waals surface area contributed by atoms with E-state index < -0.39 is 0 Å². The Labute approximate surface area is 96.4 Å². The van der Waals surface area contributed by atoms with Gasteiger partial charge in [0, 0.05) is 0 Å². The molecule has 0 aromatic carbocycles. The van der Waals surface area contributed by atoms with Gasteiger partial charge < -0.3 is 10.1 Å². The summed E-state index contributed by atoms with van der Waals surface area (Å²) in [5, 5.41) is 3.41. The van der Waals surface area contributed by atoms with E-state index in [9.17, 15) is 0 Å². The van der Waals surface area contributed by atoms with Crippen molar-refractivity contribution < 1.29 is 4.74 Å². The number of piperidine rings is 1. The number of allylic oxidation sites excluding steroid dienone is 2. The number of fused-ring (bicyclic) bond motifs is 1. The van der Waals surface area contributed by atoms with Gasteiger partial charge >= 0.3 is 0 Å². The normalized spacial score (nSPS) is 27.0. The molecule has 16 heavy (non-hydrogen) atoms. The lowest BCUT2D eigenvalue weighted by atomic mass is 9.79. The molecule has 0 unspecified atom stereocenters. The Balaban J connectivity index is 2.03. The molecule has 1 saturated heterocycles. The molecule has 2 nitrogen and oxygen atoms in total. The first-order valence-corrected chi connectivity index (χ1v) is 6.08. The van der Waals surface area contributed by atoms with E-state index in [1.165, 1.54) is 11.1 Å². The molecule has 0 atom stereocenters. The minimum Gasteiger partial charge on any atom is -0.370 e. The Morgan fingerprint density at radius 2 is 2.19 bits per heavy atom. The van der Waals surface area contributed by atoms with Crippen LogP contribution in [0.2, 0.25) is 0 Å². The first kappa shape index (κ1) is 10.1. The molecule has 3 rings (SSSR count). The lowest BCUT2D eigenvalue weighted by Gasteiger charge is -2.42. The summed E-state index contributed by atoms with van der Waals surface area (Å²) in [7, 11) is 0. The van der Waals surface area contributed by atoms with Gasteiger partial charge in [-0.1, -0.05) is 12.2 Å². The van der Waals surface area contributed by atoms with E-state index >= 15 is 0 Å². The van der Waals surface area contributed by atoms with E-state index in [0.29, 0.717) is 0 Å².